The molecule has 2 heterocycles. The molecular formula is C24H26N2O5. The van der Waals surface area contributed by atoms with E-state index in [1.807, 2.05) is 47.0 Å². The topological polar surface area (TPSA) is 70.0 Å². The predicted octanol–water partition coefficient (Wildman–Crippen LogP) is 3.01. The lowest BCUT2D eigenvalue weighted by Gasteiger charge is -2.26. The van der Waals surface area contributed by atoms with Crippen LogP contribution in [0.4, 0.5) is 0 Å². The first-order valence-electron chi connectivity index (χ1n) is 10.4. The average Bonchev–Trinajstić information content (AvgIpc) is 2.80. The Bertz CT molecular complexity index is 1150. The van der Waals surface area contributed by atoms with E-state index in [0.717, 1.165) is 36.4 Å². The highest BCUT2D eigenvalue weighted by molar-refractivity contribution is 5.94. The number of nitrogens with zero attached hydrogens (tertiary/aromatic N) is 2. The van der Waals surface area contributed by atoms with E-state index in [2.05, 4.69) is 4.90 Å². The normalized spacial score (nSPS) is 14.5. The predicted molar refractivity (Wildman–Crippen MR) is 118 cm³/mol. The first-order valence-corrected chi connectivity index (χ1v) is 10.4. The molecule has 1 fully saturated rings. The Hall–Kier alpha value is -3.16. The number of hydrogen-bond acceptors (Lipinski definition) is 6. The zero-order chi connectivity index (χ0) is 21.8. The molecule has 1 saturated heterocycles. The molecule has 0 radical (unpaired) electrons. The molecule has 0 N–H and O–H groups in total. The number of pyridine rings is 1. The van der Waals surface area contributed by atoms with E-state index in [4.69, 9.17) is 14.2 Å². The molecule has 1 aromatic heterocycles. The molecule has 31 heavy (non-hydrogen) atoms. The quantitative estimate of drug-likeness (QED) is 0.569. The van der Waals surface area contributed by atoms with Crippen molar-refractivity contribution in [1.82, 2.24) is 9.47 Å². The molecule has 0 spiro atoms. The number of aromatic nitrogens is 1. The average molecular weight is 422 g/mol. The molecule has 2 aromatic carbocycles. The van der Waals surface area contributed by atoms with E-state index in [1.54, 1.807) is 20.2 Å². The largest absolute Gasteiger partial charge is 0.497 e. The maximum atomic E-state index is 13.2. The Balaban J connectivity index is 1.86. The van der Waals surface area contributed by atoms with Crippen LogP contribution in [0, 0.1) is 0 Å². The Morgan fingerprint density at radius 2 is 1.94 bits per heavy atom. The van der Waals surface area contributed by atoms with Gasteiger partial charge < -0.3 is 18.8 Å². The molecule has 1 aliphatic rings. The van der Waals surface area contributed by atoms with E-state index < -0.39 is 5.97 Å². The number of methoxy groups -OCH3 is 1. The number of esters is 1. The van der Waals surface area contributed by atoms with Crippen LogP contribution in [0.25, 0.3) is 16.6 Å². The van der Waals surface area contributed by atoms with Crippen molar-refractivity contribution in [3.05, 3.63) is 70.0 Å². The van der Waals surface area contributed by atoms with Gasteiger partial charge in [-0.15, -0.1) is 0 Å². The van der Waals surface area contributed by atoms with Crippen LogP contribution in [-0.4, -0.2) is 55.5 Å². The smallest absolute Gasteiger partial charge is 0.343 e. The lowest BCUT2D eigenvalue weighted by Crippen LogP contribution is -2.35. The van der Waals surface area contributed by atoms with Crippen LogP contribution >= 0.6 is 0 Å². The fourth-order valence-electron chi connectivity index (χ4n) is 3.82. The molecule has 1 aliphatic heterocycles. The number of rotatable bonds is 6. The van der Waals surface area contributed by atoms with Crippen molar-refractivity contribution in [3.8, 4) is 11.4 Å². The van der Waals surface area contributed by atoms with Crippen LogP contribution in [0.2, 0.25) is 0 Å². The van der Waals surface area contributed by atoms with Gasteiger partial charge in [-0.1, -0.05) is 12.1 Å². The second kappa shape index (κ2) is 9.32. The summed E-state index contributed by atoms with van der Waals surface area (Å²) in [6.07, 6.45) is 1.55. The monoisotopic (exact) mass is 422 g/mol. The van der Waals surface area contributed by atoms with E-state index in [0.29, 0.717) is 24.3 Å². The molecule has 7 nitrogen and oxygen atoms in total. The summed E-state index contributed by atoms with van der Waals surface area (Å²) >= 11 is 0. The van der Waals surface area contributed by atoms with Crippen molar-refractivity contribution < 1.29 is 19.0 Å². The molecule has 162 valence electrons. The molecule has 0 unspecified atom stereocenters. The molecule has 0 amide bonds. The van der Waals surface area contributed by atoms with E-state index >= 15 is 0 Å². The number of morpholine rings is 1. The van der Waals surface area contributed by atoms with Gasteiger partial charge in [0, 0.05) is 43.0 Å². The summed E-state index contributed by atoms with van der Waals surface area (Å²) < 4.78 is 17.8. The maximum absolute atomic E-state index is 13.2. The molecule has 7 heteroatoms. The SMILES string of the molecule is CCOC(=O)c1cn(-c2cccc(OC)c2)c2ccc(CN3CCOCC3)cc2c1=O. The zero-order valence-electron chi connectivity index (χ0n) is 17.8. The molecule has 3 aromatic rings. The van der Waals surface area contributed by atoms with Gasteiger partial charge in [-0.25, -0.2) is 4.79 Å². The minimum Gasteiger partial charge on any atom is -0.497 e. The van der Waals surface area contributed by atoms with Gasteiger partial charge in [0.25, 0.3) is 0 Å². The number of carbonyl (C=O) groups is 1. The van der Waals surface area contributed by atoms with Gasteiger partial charge in [-0.2, -0.15) is 0 Å². The Morgan fingerprint density at radius 3 is 2.68 bits per heavy atom. The second-order valence-corrected chi connectivity index (χ2v) is 7.40. The maximum Gasteiger partial charge on any atom is 0.343 e. The summed E-state index contributed by atoms with van der Waals surface area (Å²) in [5, 5.41) is 0.485. The molecule has 0 bridgehead atoms. The number of hydrogen-bond donors (Lipinski definition) is 0. The van der Waals surface area contributed by atoms with Crippen LogP contribution in [0.15, 0.2) is 53.5 Å². The van der Waals surface area contributed by atoms with Crippen molar-refractivity contribution >= 4 is 16.9 Å². The lowest BCUT2D eigenvalue weighted by atomic mass is 10.1. The molecule has 0 atom stereocenters. The fraction of sp³-hybridized carbons (Fsp3) is 0.333. The third-order valence-corrected chi connectivity index (χ3v) is 5.40. The minimum absolute atomic E-state index is 0.0145. The van der Waals surface area contributed by atoms with E-state index in [-0.39, 0.29) is 17.6 Å². The number of carbonyl (C=O) groups excluding carboxylic acids is 1. The van der Waals surface area contributed by atoms with Gasteiger partial charge in [0.2, 0.25) is 5.43 Å². The fourth-order valence-corrected chi connectivity index (χ4v) is 3.82. The van der Waals surface area contributed by atoms with Crippen LogP contribution in [-0.2, 0) is 16.0 Å². The third kappa shape index (κ3) is 4.47. The van der Waals surface area contributed by atoms with E-state index in [9.17, 15) is 9.59 Å². The minimum atomic E-state index is -0.621. The van der Waals surface area contributed by atoms with Crippen LogP contribution < -0.4 is 10.2 Å². The Labute approximate surface area is 180 Å². The summed E-state index contributed by atoms with van der Waals surface area (Å²) in [7, 11) is 1.60. The first kappa shape index (κ1) is 21.1. The molecule has 0 saturated carbocycles. The van der Waals surface area contributed by atoms with Crippen molar-refractivity contribution in [2.24, 2.45) is 0 Å². The zero-order valence-corrected chi connectivity index (χ0v) is 17.8. The highest BCUT2D eigenvalue weighted by Crippen LogP contribution is 2.23. The highest BCUT2D eigenvalue weighted by Gasteiger charge is 2.19. The van der Waals surface area contributed by atoms with Gasteiger partial charge in [-0.3, -0.25) is 9.69 Å². The number of benzene rings is 2. The molecule has 4 rings (SSSR count). The van der Waals surface area contributed by atoms with Crippen molar-refractivity contribution in [1.29, 1.82) is 0 Å². The van der Waals surface area contributed by atoms with Gasteiger partial charge in [0.15, 0.2) is 0 Å². The first-order chi connectivity index (χ1) is 15.1. The molecule has 0 aliphatic carbocycles. The summed E-state index contributed by atoms with van der Waals surface area (Å²) in [6.45, 7) is 5.78. The van der Waals surface area contributed by atoms with Gasteiger partial charge >= 0.3 is 5.97 Å². The highest BCUT2D eigenvalue weighted by atomic mass is 16.5. The summed E-state index contributed by atoms with van der Waals surface area (Å²) in [4.78, 5) is 28.1. The summed E-state index contributed by atoms with van der Waals surface area (Å²) in [6, 6.07) is 13.3. The van der Waals surface area contributed by atoms with Crippen molar-refractivity contribution in [2.75, 3.05) is 40.0 Å². The Morgan fingerprint density at radius 1 is 1.13 bits per heavy atom. The third-order valence-electron chi connectivity index (χ3n) is 5.40. The summed E-state index contributed by atoms with van der Waals surface area (Å²) in [5.74, 6) is 0.0654. The number of fused-ring (bicyclic) bond motifs is 1. The number of ether oxygens (including phenoxy) is 3. The van der Waals surface area contributed by atoms with E-state index in [1.165, 1.54) is 0 Å². The van der Waals surface area contributed by atoms with Crippen molar-refractivity contribution in [3.63, 3.8) is 0 Å². The van der Waals surface area contributed by atoms with Gasteiger partial charge in [0.1, 0.15) is 11.3 Å². The Kier molecular flexibility index (Phi) is 6.34. The summed E-state index contributed by atoms with van der Waals surface area (Å²) in [5.41, 5.74) is 2.22. The standard InChI is InChI=1S/C24H26N2O5/c1-3-31-24(28)21-16-26(18-5-4-6-19(14-18)29-2)22-8-7-17(13-20(22)23(21)27)15-25-9-11-30-12-10-25/h4-8,13-14,16H,3,9-12,15H2,1-2H3. The van der Waals surface area contributed by atoms with Gasteiger partial charge in [-0.05, 0) is 36.8 Å². The lowest BCUT2D eigenvalue weighted by molar-refractivity contribution is 0.0342. The van der Waals surface area contributed by atoms with Crippen LogP contribution in [0.3, 0.4) is 0 Å². The van der Waals surface area contributed by atoms with Crippen molar-refractivity contribution in [2.45, 2.75) is 13.5 Å². The molecular weight excluding hydrogens is 396 g/mol. The van der Waals surface area contributed by atoms with Crippen LogP contribution in [0.1, 0.15) is 22.8 Å². The van der Waals surface area contributed by atoms with Crippen LogP contribution in [0.5, 0.6) is 5.75 Å². The van der Waals surface area contributed by atoms with Gasteiger partial charge in [0.05, 0.1) is 32.4 Å². The second-order valence-electron chi connectivity index (χ2n) is 7.40.